The molecule has 1 rings (SSSR count). The van der Waals surface area contributed by atoms with Crippen LogP contribution in [0.3, 0.4) is 0 Å². The lowest BCUT2D eigenvalue weighted by atomic mass is 10.1. The Morgan fingerprint density at radius 3 is 2.67 bits per heavy atom. The number of benzene rings is 1. The molecule has 3 heteroatoms. The van der Waals surface area contributed by atoms with E-state index in [-0.39, 0.29) is 14.8 Å². The van der Waals surface area contributed by atoms with Gasteiger partial charge in [0.2, 0.25) is 0 Å². The number of rotatable bonds is 4. The molecule has 12 heavy (non-hydrogen) atoms. The zero-order valence-corrected chi connectivity index (χ0v) is 7.83. The number of hydrogen-bond acceptors (Lipinski definition) is 2. The molecule has 1 unspecified atom stereocenters. The molecule has 2 nitrogen and oxygen atoms in total. The maximum Gasteiger partial charge on any atom is 0.327 e. The minimum atomic E-state index is -0.241. The van der Waals surface area contributed by atoms with E-state index >= 15 is 0 Å². The Balaban J connectivity index is 2.46. The van der Waals surface area contributed by atoms with Gasteiger partial charge in [-0.2, -0.15) is 0 Å². The van der Waals surface area contributed by atoms with Gasteiger partial charge in [0.05, 0.1) is 6.10 Å². The van der Waals surface area contributed by atoms with Crippen molar-refractivity contribution in [3.63, 3.8) is 0 Å². The van der Waals surface area contributed by atoms with Crippen LogP contribution >= 0.6 is 8.69 Å². The molecule has 0 bridgehead atoms. The quantitative estimate of drug-likeness (QED) is 0.669. The first kappa shape index (κ1) is 9.37. The molecule has 1 aromatic rings. The fourth-order valence-electron chi connectivity index (χ4n) is 1.06. The van der Waals surface area contributed by atoms with Crippen LogP contribution in [-0.4, -0.2) is 6.10 Å². The minimum absolute atomic E-state index is 0.00608. The van der Waals surface area contributed by atoms with Gasteiger partial charge in [0.1, 0.15) is 0 Å². The van der Waals surface area contributed by atoms with E-state index in [1.54, 1.807) is 0 Å². The largest absolute Gasteiger partial charge is 0.327 e. The van der Waals surface area contributed by atoms with E-state index in [1.807, 2.05) is 37.3 Å². The molecule has 0 aliphatic carbocycles. The lowest BCUT2D eigenvalue weighted by molar-refractivity contribution is 0.245. The predicted octanol–water partition coefficient (Wildman–Crippen LogP) is 2.84. The summed E-state index contributed by atoms with van der Waals surface area (Å²) in [7, 11) is -0.241. The fourth-order valence-corrected chi connectivity index (χ4v) is 1.28. The molecule has 0 aromatic heterocycles. The zero-order valence-electron chi connectivity index (χ0n) is 6.93. The summed E-state index contributed by atoms with van der Waals surface area (Å²) in [6.45, 7) is 1.90. The molecule has 1 aromatic carbocycles. The van der Waals surface area contributed by atoms with Crippen molar-refractivity contribution in [2.75, 3.05) is 0 Å². The normalized spacial score (nSPS) is 13.1. The van der Waals surface area contributed by atoms with Gasteiger partial charge in [0.25, 0.3) is 0 Å². The SMILES string of the molecule is CC(Cc1ccccc1)OP=O. The fraction of sp³-hybridized carbons (Fsp3) is 0.333. The topological polar surface area (TPSA) is 26.3 Å². The maximum absolute atomic E-state index is 10.1. The first-order chi connectivity index (χ1) is 5.83. The highest BCUT2D eigenvalue weighted by atomic mass is 31.1. The Morgan fingerprint density at radius 1 is 1.42 bits per heavy atom. The van der Waals surface area contributed by atoms with Gasteiger partial charge in [-0.05, 0) is 18.9 Å². The van der Waals surface area contributed by atoms with E-state index in [9.17, 15) is 4.57 Å². The third kappa shape index (κ3) is 3.12. The molecular weight excluding hydrogens is 171 g/mol. The highest BCUT2D eigenvalue weighted by molar-refractivity contribution is 7.17. The van der Waals surface area contributed by atoms with Crippen LogP contribution in [0.25, 0.3) is 0 Å². The van der Waals surface area contributed by atoms with Crippen molar-refractivity contribution in [2.45, 2.75) is 19.4 Å². The molecule has 0 amide bonds. The van der Waals surface area contributed by atoms with Crippen LogP contribution in [0.1, 0.15) is 12.5 Å². The summed E-state index contributed by atoms with van der Waals surface area (Å²) in [4.78, 5) is 0. The molecule has 0 aliphatic rings. The van der Waals surface area contributed by atoms with Crippen molar-refractivity contribution in [2.24, 2.45) is 0 Å². The van der Waals surface area contributed by atoms with E-state index in [4.69, 9.17) is 4.52 Å². The summed E-state index contributed by atoms with van der Waals surface area (Å²) < 4.78 is 14.9. The van der Waals surface area contributed by atoms with E-state index in [1.165, 1.54) is 5.56 Å². The average molecular weight is 182 g/mol. The Morgan fingerprint density at radius 2 is 2.08 bits per heavy atom. The second-order valence-electron chi connectivity index (χ2n) is 2.68. The van der Waals surface area contributed by atoms with Crippen LogP contribution in [-0.2, 0) is 15.5 Å². The van der Waals surface area contributed by atoms with Crippen molar-refractivity contribution in [3.05, 3.63) is 35.9 Å². The van der Waals surface area contributed by atoms with Crippen molar-refractivity contribution in [1.29, 1.82) is 0 Å². The summed E-state index contributed by atoms with van der Waals surface area (Å²) in [5, 5.41) is 0. The molecule has 1 atom stereocenters. The van der Waals surface area contributed by atoms with E-state index in [0.717, 1.165) is 6.42 Å². The molecule has 0 spiro atoms. The van der Waals surface area contributed by atoms with Crippen LogP contribution in [0.4, 0.5) is 0 Å². The van der Waals surface area contributed by atoms with Crippen LogP contribution in [0, 0.1) is 0 Å². The average Bonchev–Trinajstić information content (AvgIpc) is 2.06. The monoisotopic (exact) mass is 182 g/mol. The molecule has 0 radical (unpaired) electrons. The standard InChI is InChI=1S/C9H11O2P/c1-8(11-12-10)7-9-5-3-2-4-6-9/h2-6,8H,7H2,1H3. The van der Waals surface area contributed by atoms with E-state index < -0.39 is 0 Å². The molecule has 0 aliphatic heterocycles. The van der Waals surface area contributed by atoms with Crippen molar-refractivity contribution in [1.82, 2.24) is 0 Å². The molecule has 0 saturated heterocycles. The van der Waals surface area contributed by atoms with E-state index in [2.05, 4.69) is 0 Å². The first-order valence-electron chi connectivity index (χ1n) is 3.85. The van der Waals surface area contributed by atoms with Crippen molar-refractivity contribution < 1.29 is 9.09 Å². The van der Waals surface area contributed by atoms with Crippen LogP contribution in [0.15, 0.2) is 30.3 Å². The Labute approximate surface area is 73.8 Å². The molecular formula is C9H11O2P. The van der Waals surface area contributed by atoms with Gasteiger partial charge in [0, 0.05) is 0 Å². The van der Waals surface area contributed by atoms with Gasteiger partial charge in [0.15, 0.2) is 0 Å². The van der Waals surface area contributed by atoms with Gasteiger partial charge < -0.3 is 0 Å². The van der Waals surface area contributed by atoms with Crippen LogP contribution < -0.4 is 0 Å². The highest BCUT2D eigenvalue weighted by Gasteiger charge is 2.02. The summed E-state index contributed by atoms with van der Waals surface area (Å²) in [5.74, 6) is 0. The molecule has 64 valence electrons. The lowest BCUT2D eigenvalue weighted by Crippen LogP contribution is -2.05. The predicted molar refractivity (Wildman–Crippen MR) is 48.3 cm³/mol. The number of hydrogen-bond donors (Lipinski definition) is 0. The zero-order chi connectivity index (χ0) is 8.81. The molecule has 0 fully saturated rings. The molecule has 0 heterocycles. The minimum Gasteiger partial charge on any atom is -0.291 e. The third-order valence-electron chi connectivity index (χ3n) is 1.59. The second-order valence-corrected chi connectivity index (χ2v) is 3.04. The van der Waals surface area contributed by atoms with Gasteiger partial charge in [-0.15, -0.1) is 0 Å². The van der Waals surface area contributed by atoms with Crippen LogP contribution in [0.5, 0.6) is 0 Å². The molecule has 0 N–H and O–H groups in total. The van der Waals surface area contributed by atoms with Gasteiger partial charge in [-0.3, -0.25) is 4.52 Å². The Bertz CT molecular complexity index is 236. The summed E-state index contributed by atoms with van der Waals surface area (Å²) in [6, 6.07) is 10.00. The lowest BCUT2D eigenvalue weighted by Gasteiger charge is -2.06. The summed E-state index contributed by atoms with van der Waals surface area (Å²) >= 11 is 0. The Kier molecular flexibility index (Phi) is 3.92. The summed E-state index contributed by atoms with van der Waals surface area (Å²) in [6.07, 6.45) is 0.808. The smallest absolute Gasteiger partial charge is 0.291 e. The highest BCUT2D eigenvalue weighted by Crippen LogP contribution is 2.09. The van der Waals surface area contributed by atoms with Gasteiger partial charge >= 0.3 is 8.69 Å². The van der Waals surface area contributed by atoms with Crippen molar-refractivity contribution >= 4 is 8.69 Å². The Hall–Kier alpha value is -0.720. The molecule has 0 saturated carbocycles. The van der Waals surface area contributed by atoms with E-state index in [0.29, 0.717) is 0 Å². The first-order valence-corrected chi connectivity index (χ1v) is 4.58. The van der Waals surface area contributed by atoms with Gasteiger partial charge in [-0.25, -0.2) is 4.57 Å². The van der Waals surface area contributed by atoms with Crippen molar-refractivity contribution in [3.8, 4) is 0 Å². The van der Waals surface area contributed by atoms with Crippen LogP contribution in [0.2, 0.25) is 0 Å². The second kappa shape index (κ2) is 5.02. The summed E-state index contributed by atoms with van der Waals surface area (Å²) in [5.41, 5.74) is 1.20. The van der Waals surface area contributed by atoms with Gasteiger partial charge in [-0.1, -0.05) is 30.3 Å². The third-order valence-corrected chi connectivity index (χ3v) is 2.03. The maximum atomic E-state index is 10.1.